The van der Waals surface area contributed by atoms with Gasteiger partial charge in [-0.1, -0.05) is 21.1 Å². The van der Waals surface area contributed by atoms with Crippen molar-refractivity contribution in [3.05, 3.63) is 40.5 Å². The Morgan fingerprint density at radius 2 is 2.05 bits per heavy atom. The predicted molar refractivity (Wildman–Crippen MR) is 82.5 cm³/mol. The number of thioether (sulfide) groups is 1. The lowest BCUT2D eigenvalue weighted by Gasteiger charge is -2.36. The van der Waals surface area contributed by atoms with Gasteiger partial charge in [0.1, 0.15) is 0 Å². The van der Waals surface area contributed by atoms with Crippen LogP contribution in [0.4, 0.5) is 0 Å². The summed E-state index contributed by atoms with van der Waals surface area (Å²) < 4.78 is 6.36. The number of hydrogen-bond donors (Lipinski definition) is 1. The van der Waals surface area contributed by atoms with Crippen molar-refractivity contribution in [3.63, 3.8) is 0 Å². The number of aromatic nitrogens is 2. The molecule has 0 aliphatic heterocycles. The summed E-state index contributed by atoms with van der Waals surface area (Å²) in [4.78, 5) is 5.61. The third-order valence-electron chi connectivity index (χ3n) is 3.54. The molecule has 0 amide bonds. The molecule has 0 radical (unpaired) electrons. The number of halogens is 1. The van der Waals surface area contributed by atoms with E-state index in [-0.39, 0.29) is 5.54 Å². The smallest absolute Gasteiger partial charge is 0.228 e. The van der Waals surface area contributed by atoms with Gasteiger partial charge in [-0.05, 0) is 43.5 Å². The van der Waals surface area contributed by atoms with E-state index in [0.717, 1.165) is 23.1 Å². The Labute approximate surface area is 130 Å². The zero-order valence-corrected chi connectivity index (χ0v) is 13.4. The quantitative estimate of drug-likeness (QED) is 0.832. The fourth-order valence-corrected chi connectivity index (χ4v) is 3.21. The Hall–Kier alpha value is -0.850. The first-order valence-corrected chi connectivity index (χ1v) is 8.40. The van der Waals surface area contributed by atoms with Crippen LogP contribution in [0.15, 0.2) is 38.2 Å². The molecule has 1 heterocycles. The number of nitrogens with zero attached hydrogens (tertiary/aromatic N) is 2. The molecule has 1 aromatic carbocycles. The summed E-state index contributed by atoms with van der Waals surface area (Å²) in [6, 6.07) is 8.19. The fourth-order valence-electron chi connectivity index (χ4n) is 2.21. The van der Waals surface area contributed by atoms with Crippen molar-refractivity contribution in [1.29, 1.82) is 0 Å². The van der Waals surface area contributed by atoms with Gasteiger partial charge in [0.2, 0.25) is 5.89 Å². The molecule has 4 nitrogen and oxygen atoms in total. The van der Waals surface area contributed by atoms with Crippen LogP contribution in [0, 0.1) is 0 Å². The lowest BCUT2D eigenvalue weighted by atomic mass is 9.75. The fraction of sp³-hybridized carbons (Fsp3) is 0.429. The first-order chi connectivity index (χ1) is 9.63. The van der Waals surface area contributed by atoms with Gasteiger partial charge in [-0.3, -0.25) is 0 Å². The average Bonchev–Trinajstić information content (AvgIpc) is 2.84. The molecular formula is C14H16BrN3OS. The van der Waals surface area contributed by atoms with Crippen molar-refractivity contribution >= 4 is 27.7 Å². The van der Waals surface area contributed by atoms with Gasteiger partial charge in [0, 0.05) is 21.3 Å². The monoisotopic (exact) mass is 353 g/mol. The van der Waals surface area contributed by atoms with Gasteiger partial charge in [-0.25, -0.2) is 0 Å². The molecular weight excluding hydrogens is 338 g/mol. The SMILES string of the molecule is NC1(Cc2nc(CSc3ccc(Br)cc3)no2)CCC1. The highest BCUT2D eigenvalue weighted by molar-refractivity contribution is 9.10. The van der Waals surface area contributed by atoms with Gasteiger partial charge in [-0.2, -0.15) is 4.98 Å². The van der Waals surface area contributed by atoms with Gasteiger partial charge in [-0.15, -0.1) is 11.8 Å². The molecule has 0 bridgehead atoms. The summed E-state index contributed by atoms with van der Waals surface area (Å²) in [5.74, 6) is 2.11. The van der Waals surface area contributed by atoms with Crippen molar-refractivity contribution in [3.8, 4) is 0 Å². The van der Waals surface area contributed by atoms with Crippen LogP contribution in [0.25, 0.3) is 0 Å². The first kappa shape index (κ1) is 14.1. The van der Waals surface area contributed by atoms with Crippen LogP contribution in [0.5, 0.6) is 0 Å². The summed E-state index contributed by atoms with van der Waals surface area (Å²) in [5, 5.41) is 4.02. The maximum atomic E-state index is 6.19. The maximum Gasteiger partial charge on any atom is 0.228 e. The van der Waals surface area contributed by atoms with Crippen molar-refractivity contribution in [2.45, 2.75) is 41.9 Å². The summed E-state index contributed by atoms with van der Waals surface area (Å²) in [7, 11) is 0. The number of nitrogens with two attached hydrogens (primary N) is 1. The minimum Gasteiger partial charge on any atom is -0.339 e. The van der Waals surface area contributed by atoms with E-state index in [1.165, 1.54) is 11.3 Å². The second kappa shape index (κ2) is 5.87. The van der Waals surface area contributed by atoms with Crippen LogP contribution >= 0.6 is 27.7 Å². The molecule has 20 heavy (non-hydrogen) atoms. The van der Waals surface area contributed by atoms with Crippen LogP contribution in [0.3, 0.4) is 0 Å². The number of hydrogen-bond acceptors (Lipinski definition) is 5. The lowest BCUT2D eigenvalue weighted by Crippen LogP contribution is -2.48. The van der Waals surface area contributed by atoms with E-state index in [1.54, 1.807) is 11.8 Å². The Kier molecular flexibility index (Phi) is 4.14. The second-order valence-corrected chi connectivity index (χ2v) is 7.20. The Bertz CT molecular complexity index is 580. The Morgan fingerprint density at radius 1 is 1.30 bits per heavy atom. The number of benzene rings is 1. The summed E-state index contributed by atoms with van der Waals surface area (Å²) in [6.45, 7) is 0. The van der Waals surface area contributed by atoms with Crippen LogP contribution in [0.1, 0.15) is 31.0 Å². The first-order valence-electron chi connectivity index (χ1n) is 6.62. The molecule has 1 fully saturated rings. The van der Waals surface area contributed by atoms with Gasteiger partial charge in [0.25, 0.3) is 0 Å². The molecule has 1 aliphatic rings. The van der Waals surface area contributed by atoms with E-state index in [0.29, 0.717) is 18.1 Å². The van der Waals surface area contributed by atoms with E-state index >= 15 is 0 Å². The second-order valence-electron chi connectivity index (χ2n) is 5.24. The van der Waals surface area contributed by atoms with Gasteiger partial charge in [0.05, 0.1) is 5.75 Å². The normalized spacial score (nSPS) is 16.9. The highest BCUT2D eigenvalue weighted by Gasteiger charge is 2.34. The van der Waals surface area contributed by atoms with E-state index in [2.05, 4.69) is 38.2 Å². The third-order valence-corrected chi connectivity index (χ3v) is 5.08. The van der Waals surface area contributed by atoms with Crippen molar-refractivity contribution in [1.82, 2.24) is 10.1 Å². The summed E-state index contributed by atoms with van der Waals surface area (Å²) in [5.41, 5.74) is 6.08. The molecule has 106 valence electrons. The standard InChI is InChI=1S/C14H16BrN3OS/c15-10-2-4-11(5-3-10)20-9-12-17-13(19-18-12)8-14(16)6-1-7-14/h2-5H,1,6-9,16H2. The van der Waals surface area contributed by atoms with Crippen molar-refractivity contribution < 1.29 is 4.52 Å². The zero-order chi connectivity index (χ0) is 14.0. The molecule has 1 aromatic heterocycles. The highest BCUT2D eigenvalue weighted by Crippen LogP contribution is 2.32. The van der Waals surface area contributed by atoms with E-state index in [9.17, 15) is 0 Å². The molecule has 0 unspecified atom stereocenters. The molecule has 3 rings (SSSR count). The van der Waals surface area contributed by atoms with E-state index < -0.39 is 0 Å². The molecule has 1 saturated carbocycles. The summed E-state index contributed by atoms with van der Waals surface area (Å²) >= 11 is 5.12. The average molecular weight is 354 g/mol. The van der Waals surface area contributed by atoms with E-state index in [1.807, 2.05) is 12.1 Å². The van der Waals surface area contributed by atoms with Gasteiger partial charge < -0.3 is 10.3 Å². The lowest BCUT2D eigenvalue weighted by molar-refractivity contribution is 0.221. The van der Waals surface area contributed by atoms with Crippen LogP contribution in [-0.4, -0.2) is 15.7 Å². The molecule has 2 aromatic rings. The Morgan fingerprint density at radius 3 is 2.70 bits per heavy atom. The highest BCUT2D eigenvalue weighted by atomic mass is 79.9. The molecule has 0 saturated heterocycles. The topological polar surface area (TPSA) is 64.9 Å². The molecule has 0 atom stereocenters. The minimum atomic E-state index is -0.108. The number of rotatable bonds is 5. The van der Waals surface area contributed by atoms with Gasteiger partial charge in [0.15, 0.2) is 5.82 Å². The molecule has 0 spiro atoms. The molecule has 6 heteroatoms. The summed E-state index contributed by atoms with van der Waals surface area (Å²) in [6.07, 6.45) is 4.01. The molecule has 2 N–H and O–H groups in total. The van der Waals surface area contributed by atoms with Gasteiger partial charge >= 0.3 is 0 Å². The maximum absolute atomic E-state index is 6.19. The zero-order valence-electron chi connectivity index (χ0n) is 11.0. The minimum absolute atomic E-state index is 0.108. The van der Waals surface area contributed by atoms with Crippen LogP contribution < -0.4 is 5.73 Å². The molecule has 1 aliphatic carbocycles. The largest absolute Gasteiger partial charge is 0.339 e. The van der Waals surface area contributed by atoms with E-state index in [4.69, 9.17) is 10.3 Å². The Balaban J connectivity index is 1.55. The van der Waals surface area contributed by atoms with Crippen molar-refractivity contribution in [2.24, 2.45) is 5.73 Å². The third kappa shape index (κ3) is 3.42. The predicted octanol–water partition coefficient (Wildman–Crippen LogP) is 3.55. The van der Waals surface area contributed by atoms with Crippen molar-refractivity contribution in [2.75, 3.05) is 0 Å². The van der Waals surface area contributed by atoms with Crippen LogP contribution in [0.2, 0.25) is 0 Å². The van der Waals surface area contributed by atoms with Crippen LogP contribution in [-0.2, 0) is 12.2 Å².